The number of amides is 1. The summed E-state index contributed by atoms with van der Waals surface area (Å²) in [6.45, 7) is 11.0. The Kier molecular flexibility index (Phi) is 11.0. The maximum atomic E-state index is 12.4. The minimum absolute atomic E-state index is 0. The number of benzene rings is 1. The zero-order chi connectivity index (χ0) is 22.1. The first-order valence-electron chi connectivity index (χ1n) is 11.4. The van der Waals surface area contributed by atoms with Gasteiger partial charge < -0.3 is 15.5 Å². The van der Waals surface area contributed by atoms with Gasteiger partial charge in [0.2, 0.25) is 5.91 Å². The van der Waals surface area contributed by atoms with E-state index in [1.165, 1.54) is 11.3 Å². The SMILES string of the molecule is CCNC(=NCC1CC(=O)N(CCc2ccccc2)C1)NCCCn1nc(C)cc1C.I. The van der Waals surface area contributed by atoms with E-state index in [1.807, 2.05) is 30.0 Å². The molecule has 2 aromatic rings. The first-order chi connectivity index (χ1) is 15.0. The van der Waals surface area contributed by atoms with Crippen LogP contribution in [0.5, 0.6) is 0 Å². The molecule has 0 bridgehead atoms. The second-order valence-electron chi connectivity index (χ2n) is 8.30. The predicted octanol–water partition coefficient (Wildman–Crippen LogP) is 3.15. The van der Waals surface area contributed by atoms with Crippen molar-refractivity contribution in [3.05, 3.63) is 53.3 Å². The number of rotatable bonds is 10. The second-order valence-corrected chi connectivity index (χ2v) is 8.30. The molecule has 0 radical (unpaired) electrons. The Hall–Kier alpha value is -2.10. The third-order valence-corrected chi connectivity index (χ3v) is 5.60. The highest BCUT2D eigenvalue weighted by molar-refractivity contribution is 14.0. The highest BCUT2D eigenvalue weighted by Crippen LogP contribution is 2.18. The molecule has 0 saturated carbocycles. The van der Waals surface area contributed by atoms with Crippen molar-refractivity contribution in [3.8, 4) is 0 Å². The molecule has 1 saturated heterocycles. The molecular weight excluding hydrogens is 515 g/mol. The van der Waals surface area contributed by atoms with Gasteiger partial charge in [-0.2, -0.15) is 5.10 Å². The third-order valence-electron chi connectivity index (χ3n) is 5.60. The van der Waals surface area contributed by atoms with E-state index in [-0.39, 0.29) is 35.8 Å². The monoisotopic (exact) mass is 552 g/mol. The fourth-order valence-corrected chi connectivity index (χ4v) is 4.00. The van der Waals surface area contributed by atoms with Gasteiger partial charge >= 0.3 is 0 Å². The van der Waals surface area contributed by atoms with E-state index in [9.17, 15) is 4.79 Å². The van der Waals surface area contributed by atoms with Crippen molar-refractivity contribution in [1.82, 2.24) is 25.3 Å². The summed E-state index contributed by atoms with van der Waals surface area (Å²) in [7, 11) is 0. The molecule has 176 valence electrons. The number of guanidine groups is 1. The summed E-state index contributed by atoms with van der Waals surface area (Å²) in [5.74, 6) is 1.36. The van der Waals surface area contributed by atoms with Crippen LogP contribution in [0, 0.1) is 19.8 Å². The lowest BCUT2D eigenvalue weighted by molar-refractivity contribution is -0.127. The number of hydrogen-bond acceptors (Lipinski definition) is 3. The van der Waals surface area contributed by atoms with Crippen molar-refractivity contribution < 1.29 is 4.79 Å². The normalized spacial score (nSPS) is 16.2. The third kappa shape index (κ3) is 8.11. The Balaban J connectivity index is 0.00000363. The van der Waals surface area contributed by atoms with Gasteiger partial charge in [0.1, 0.15) is 0 Å². The van der Waals surface area contributed by atoms with Gasteiger partial charge in [-0.05, 0) is 45.2 Å². The van der Waals surface area contributed by atoms with E-state index in [4.69, 9.17) is 4.99 Å². The number of aliphatic imine (C=N–C) groups is 1. The van der Waals surface area contributed by atoms with Crippen LogP contribution in [-0.2, 0) is 17.8 Å². The quantitative estimate of drug-likeness (QED) is 0.206. The average molecular weight is 553 g/mol. The highest BCUT2D eigenvalue weighted by atomic mass is 127. The van der Waals surface area contributed by atoms with Gasteiger partial charge in [-0.25, -0.2) is 0 Å². The second kappa shape index (κ2) is 13.4. The molecule has 0 aliphatic carbocycles. The van der Waals surface area contributed by atoms with Crippen molar-refractivity contribution in [1.29, 1.82) is 0 Å². The number of halogens is 1. The summed E-state index contributed by atoms with van der Waals surface area (Å²) in [5, 5.41) is 11.2. The topological polar surface area (TPSA) is 74.6 Å². The molecule has 1 unspecified atom stereocenters. The molecular formula is C24H37IN6O. The van der Waals surface area contributed by atoms with Crippen LogP contribution in [0.25, 0.3) is 0 Å². The number of aryl methyl sites for hydroxylation is 3. The van der Waals surface area contributed by atoms with Crippen molar-refractivity contribution in [2.75, 3.05) is 32.7 Å². The molecule has 1 fully saturated rings. The minimum Gasteiger partial charge on any atom is -0.357 e. The highest BCUT2D eigenvalue weighted by Gasteiger charge is 2.28. The van der Waals surface area contributed by atoms with Gasteiger partial charge in [0, 0.05) is 57.3 Å². The van der Waals surface area contributed by atoms with Crippen LogP contribution in [0.4, 0.5) is 0 Å². The summed E-state index contributed by atoms with van der Waals surface area (Å²) in [6.07, 6.45) is 2.47. The largest absolute Gasteiger partial charge is 0.357 e. The van der Waals surface area contributed by atoms with Gasteiger partial charge in [-0.3, -0.25) is 14.5 Å². The molecule has 3 rings (SSSR count). The lowest BCUT2D eigenvalue weighted by Gasteiger charge is -2.16. The van der Waals surface area contributed by atoms with Gasteiger partial charge in [0.05, 0.1) is 5.69 Å². The van der Waals surface area contributed by atoms with Crippen LogP contribution in [0.15, 0.2) is 41.4 Å². The number of carbonyl (C=O) groups is 1. The Morgan fingerprint density at radius 2 is 1.97 bits per heavy atom. The maximum absolute atomic E-state index is 12.4. The fourth-order valence-electron chi connectivity index (χ4n) is 4.00. The molecule has 1 aromatic carbocycles. The molecule has 1 aromatic heterocycles. The summed E-state index contributed by atoms with van der Waals surface area (Å²) in [6, 6.07) is 12.5. The molecule has 8 heteroatoms. The van der Waals surface area contributed by atoms with Crippen molar-refractivity contribution in [2.24, 2.45) is 10.9 Å². The van der Waals surface area contributed by atoms with Crippen LogP contribution in [0.2, 0.25) is 0 Å². The number of hydrogen-bond donors (Lipinski definition) is 2. The van der Waals surface area contributed by atoms with Gasteiger partial charge in [-0.15, -0.1) is 24.0 Å². The van der Waals surface area contributed by atoms with Crippen molar-refractivity contribution in [3.63, 3.8) is 0 Å². The fraction of sp³-hybridized carbons (Fsp3) is 0.542. The number of nitrogens with one attached hydrogen (secondary N) is 2. The van der Waals surface area contributed by atoms with Crippen LogP contribution in [0.3, 0.4) is 0 Å². The molecule has 7 nitrogen and oxygen atoms in total. The van der Waals surface area contributed by atoms with E-state index in [0.29, 0.717) is 13.0 Å². The van der Waals surface area contributed by atoms with Crippen LogP contribution < -0.4 is 10.6 Å². The van der Waals surface area contributed by atoms with Crippen LogP contribution in [-0.4, -0.2) is 59.3 Å². The van der Waals surface area contributed by atoms with Crippen LogP contribution in [0.1, 0.15) is 36.7 Å². The predicted molar refractivity (Wildman–Crippen MR) is 141 cm³/mol. The Morgan fingerprint density at radius 1 is 1.19 bits per heavy atom. The van der Waals surface area contributed by atoms with Gasteiger partial charge in [-0.1, -0.05) is 30.3 Å². The summed E-state index contributed by atoms with van der Waals surface area (Å²) in [4.78, 5) is 19.1. The Labute approximate surface area is 209 Å². The number of carbonyl (C=O) groups excluding carboxylic acids is 1. The summed E-state index contributed by atoms with van der Waals surface area (Å²) >= 11 is 0. The van der Waals surface area contributed by atoms with E-state index in [1.54, 1.807) is 0 Å². The Bertz CT molecular complexity index is 867. The zero-order valence-electron chi connectivity index (χ0n) is 19.5. The first-order valence-corrected chi connectivity index (χ1v) is 11.4. The van der Waals surface area contributed by atoms with Crippen molar-refractivity contribution >= 4 is 35.8 Å². The molecule has 1 atom stereocenters. The van der Waals surface area contributed by atoms with E-state index >= 15 is 0 Å². The van der Waals surface area contributed by atoms with Crippen molar-refractivity contribution in [2.45, 2.75) is 46.6 Å². The summed E-state index contributed by atoms with van der Waals surface area (Å²) in [5.41, 5.74) is 3.53. The van der Waals surface area contributed by atoms with Gasteiger partial charge in [0.25, 0.3) is 0 Å². The smallest absolute Gasteiger partial charge is 0.223 e. The molecule has 1 amide bonds. The van der Waals surface area contributed by atoms with Crippen LogP contribution >= 0.6 is 24.0 Å². The maximum Gasteiger partial charge on any atom is 0.223 e. The lowest BCUT2D eigenvalue weighted by atomic mass is 10.1. The zero-order valence-corrected chi connectivity index (χ0v) is 21.8. The minimum atomic E-state index is 0. The van der Waals surface area contributed by atoms with E-state index in [0.717, 1.165) is 57.2 Å². The van der Waals surface area contributed by atoms with Gasteiger partial charge in [0.15, 0.2) is 5.96 Å². The first kappa shape index (κ1) is 26.2. The molecule has 32 heavy (non-hydrogen) atoms. The Morgan fingerprint density at radius 3 is 2.66 bits per heavy atom. The summed E-state index contributed by atoms with van der Waals surface area (Å²) < 4.78 is 2.05. The molecule has 2 N–H and O–H groups in total. The molecule has 1 aliphatic rings. The number of likely N-dealkylation sites (tertiary alicyclic amines) is 1. The van der Waals surface area contributed by atoms with E-state index in [2.05, 4.69) is 52.5 Å². The average Bonchev–Trinajstić information content (AvgIpc) is 3.28. The number of aromatic nitrogens is 2. The molecule has 1 aliphatic heterocycles. The lowest BCUT2D eigenvalue weighted by Crippen LogP contribution is -2.38. The molecule has 0 spiro atoms. The number of nitrogens with zero attached hydrogens (tertiary/aromatic N) is 4. The van der Waals surface area contributed by atoms with E-state index < -0.39 is 0 Å². The molecule has 2 heterocycles. The standard InChI is InChI=1S/C24H36N6O.HI/c1-4-25-24(26-12-8-13-30-20(3)15-19(2)28-30)27-17-22-16-23(31)29(18-22)14-11-21-9-6-5-7-10-21;/h5-7,9-10,15,22H,4,8,11-14,16-18H2,1-3H3,(H2,25,26,27);1H.